The van der Waals surface area contributed by atoms with Gasteiger partial charge in [0, 0.05) is 11.4 Å². The van der Waals surface area contributed by atoms with Gasteiger partial charge in [0.1, 0.15) is 5.75 Å². The zero-order chi connectivity index (χ0) is 16.2. The van der Waals surface area contributed by atoms with Crippen LogP contribution in [0.1, 0.15) is 41.5 Å². The summed E-state index contributed by atoms with van der Waals surface area (Å²) in [4.78, 5) is 15.9. The molecule has 0 bridgehead atoms. The summed E-state index contributed by atoms with van der Waals surface area (Å²) in [6.07, 6.45) is 4.86. The van der Waals surface area contributed by atoms with E-state index in [1.54, 1.807) is 18.9 Å². The first kappa shape index (κ1) is 15.8. The number of nitrogens with one attached hydrogen (secondary N) is 1. The van der Waals surface area contributed by atoms with Crippen molar-refractivity contribution in [2.45, 2.75) is 30.2 Å². The average Bonchev–Trinajstić information content (AvgIpc) is 3.15. The molecule has 1 fully saturated rings. The van der Waals surface area contributed by atoms with Crippen LogP contribution in [0.4, 0.5) is 0 Å². The molecule has 1 unspecified atom stereocenters. The van der Waals surface area contributed by atoms with E-state index >= 15 is 0 Å². The van der Waals surface area contributed by atoms with Gasteiger partial charge in [0.2, 0.25) is 0 Å². The second-order valence-electron chi connectivity index (χ2n) is 5.35. The first-order chi connectivity index (χ1) is 11.2. The Morgan fingerprint density at radius 2 is 2.30 bits per heavy atom. The van der Waals surface area contributed by atoms with E-state index in [2.05, 4.69) is 20.6 Å². The van der Waals surface area contributed by atoms with E-state index in [0.717, 1.165) is 24.2 Å². The van der Waals surface area contributed by atoms with E-state index in [1.165, 1.54) is 0 Å². The van der Waals surface area contributed by atoms with Crippen LogP contribution in [0.15, 0.2) is 23.1 Å². The number of ether oxygens (including phenoxy) is 1. The van der Waals surface area contributed by atoms with Gasteiger partial charge < -0.3 is 9.64 Å². The Morgan fingerprint density at radius 3 is 3.00 bits per heavy atom. The number of tetrazole rings is 1. The Bertz CT molecular complexity index is 677. The van der Waals surface area contributed by atoms with Gasteiger partial charge in [-0.15, -0.1) is 22.0 Å². The number of hydrogen-bond donors (Lipinski definition) is 1. The Morgan fingerprint density at radius 1 is 1.43 bits per heavy atom. The molecule has 122 valence electrons. The number of nitrogens with zero attached hydrogens (tertiary/aromatic N) is 4. The second kappa shape index (κ2) is 6.99. The minimum absolute atomic E-state index is 0.0518. The van der Waals surface area contributed by atoms with Crippen LogP contribution in [-0.2, 0) is 0 Å². The smallest absolute Gasteiger partial charge is 0.258 e. The summed E-state index contributed by atoms with van der Waals surface area (Å²) in [5.74, 6) is 1.11. The molecule has 7 nitrogen and oxygen atoms in total. The van der Waals surface area contributed by atoms with Crippen LogP contribution in [0, 0.1) is 0 Å². The standard InChI is InChI=1S/C15H19N5O2S/c1-22-13-9-10(23-2)6-7-11(13)15(21)20-8-4-3-5-12(20)14-16-18-19-17-14/h6-7,9,12H,3-5,8H2,1-2H3,(H,16,17,18,19). The van der Waals surface area contributed by atoms with Gasteiger partial charge in [0.15, 0.2) is 5.82 Å². The highest BCUT2D eigenvalue weighted by Crippen LogP contribution is 2.33. The Kier molecular flexibility index (Phi) is 4.80. The second-order valence-corrected chi connectivity index (χ2v) is 6.23. The molecule has 2 heterocycles. The molecule has 1 aromatic heterocycles. The normalized spacial score (nSPS) is 18.0. The van der Waals surface area contributed by atoms with Crippen LogP contribution in [0.3, 0.4) is 0 Å². The van der Waals surface area contributed by atoms with Gasteiger partial charge in [-0.1, -0.05) is 5.21 Å². The van der Waals surface area contributed by atoms with Crippen LogP contribution in [-0.4, -0.2) is 51.3 Å². The fourth-order valence-electron chi connectivity index (χ4n) is 2.88. The van der Waals surface area contributed by atoms with Gasteiger partial charge in [-0.2, -0.15) is 5.21 Å². The van der Waals surface area contributed by atoms with E-state index in [0.29, 0.717) is 23.7 Å². The topological polar surface area (TPSA) is 84.0 Å². The van der Waals surface area contributed by atoms with E-state index in [-0.39, 0.29) is 11.9 Å². The SMILES string of the molecule is COc1cc(SC)ccc1C(=O)N1CCCCC1c1nn[nH]n1. The first-order valence-electron chi connectivity index (χ1n) is 7.51. The van der Waals surface area contributed by atoms with Gasteiger partial charge in [-0.25, -0.2) is 0 Å². The molecule has 3 rings (SSSR count). The third-order valence-electron chi connectivity index (χ3n) is 4.06. The molecule has 1 aliphatic heterocycles. The lowest BCUT2D eigenvalue weighted by Gasteiger charge is -2.34. The molecule has 1 aromatic carbocycles. The number of hydrogen-bond acceptors (Lipinski definition) is 6. The quantitative estimate of drug-likeness (QED) is 0.864. The number of benzene rings is 1. The van der Waals surface area contributed by atoms with Crippen molar-refractivity contribution in [2.24, 2.45) is 0 Å². The van der Waals surface area contributed by atoms with Crippen molar-refractivity contribution < 1.29 is 9.53 Å². The number of rotatable bonds is 4. The van der Waals surface area contributed by atoms with Crippen molar-refractivity contribution in [1.82, 2.24) is 25.5 Å². The molecule has 1 aliphatic rings. The number of thioether (sulfide) groups is 1. The van der Waals surface area contributed by atoms with Crippen LogP contribution < -0.4 is 4.74 Å². The molecule has 8 heteroatoms. The van der Waals surface area contributed by atoms with E-state index in [1.807, 2.05) is 29.4 Å². The minimum Gasteiger partial charge on any atom is -0.496 e. The summed E-state index contributed by atoms with van der Waals surface area (Å²) in [7, 11) is 1.59. The summed E-state index contributed by atoms with van der Waals surface area (Å²) in [6.45, 7) is 0.686. The zero-order valence-electron chi connectivity index (χ0n) is 13.2. The highest BCUT2D eigenvalue weighted by atomic mass is 32.2. The molecule has 23 heavy (non-hydrogen) atoms. The first-order valence-corrected chi connectivity index (χ1v) is 8.73. The number of likely N-dealkylation sites (tertiary alicyclic amines) is 1. The lowest BCUT2D eigenvalue weighted by atomic mass is 10.00. The van der Waals surface area contributed by atoms with Gasteiger partial charge in [0.25, 0.3) is 5.91 Å². The molecule has 0 radical (unpaired) electrons. The third kappa shape index (κ3) is 3.17. The molecule has 2 aromatic rings. The molecular weight excluding hydrogens is 314 g/mol. The van der Waals surface area contributed by atoms with Gasteiger partial charge >= 0.3 is 0 Å². The van der Waals surface area contributed by atoms with Crippen LogP contribution in [0.5, 0.6) is 5.75 Å². The predicted octanol–water partition coefficient (Wildman–Crippen LogP) is 2.30. The lowest BCUT2D eigenvalue weighted by Crippen LogP contribution is -2.39. The fourth-order valence-corrected chi connectivity index (χ4v) is 3.31. The van der Waals surface area contributed by atoms with Gasteiger partial charge in [-0.3, -0.25) is 4.79 Å². The molecule has 1 amide bonds. The third-order valence-corrected chi connectivity index (χ3v) is 4.79. The lowest BCUT2D eigenvalue weighted by molar-refractivity contribution is 0.0596. The number of carbonyl (C=O) groups excluding carboxylic acids is 1. The Hall–Kier alpha value is -2.09. The maximum absolute atomic E-state index is 13.0. The summed E-state index contributed by atoms with van der Waals surface area (Å²) in [6, 6.07) is 5.52. The molecule has 0 spiro atoms. The summed E-state index contributed by atoms with van der Waals surface area (Å²) in [5, 5.41) is 14.2. The van der Waals surface area contributed by atoms with Crippen molar-refractivity contribution in [2.75, 3.05) is 19.9 Å². The highest BCUT2D eigenvalue weighted by Gasteiger charge is 2.32. The molecule has 0 saturated carbocycles. The fraction of sp³-hybridized carbons (Fsp3) is 0.467. The van der Waals surface area contributed by atoms with Crippen molar-refractivity contribution in [3.63, 3.8) is 0 Å². The number of carbonyl (C=O) groups is 1. The van der Waals surface area contributed by atoms with E-state index in [4.69, 9.17) is 4.74 Å². The molecule has 0 aliphatic carbocycles. The highest BCUT2D eigenvalue weighted by molar-refractivity contribution is 7.98. The molecule has 1 atom stereocenters. The van der Waals surface area contributed by atoms with Crippen molar-refractivity contribution in [3.05, 3.63) is 29.6 Å². The van der Waals surface area contributed by atoms with Gasteiger partial charge in [0.05, 0.1) is 18.7 Å². The summed E-state index contributed by atoms with van der Waals surface area (Å²) >= 11 is 1.62. The zero-order valence-corrected chi connectivity index (χ0v) is 14.0. The average molecular weight is 333 g/mol. The van der Waals surface area contributed by atoms with Crippen molar-refractivity contribution in [1.29, 1.82) is 0 Å². The van der Waals surface area contributed by atoms with E-state index in [9.17, 15) is 4.79 Å². The number of piperidine rings is 1. The molecule has 1 N–H and O–H groups in total. The van der Waals surface area contributed by atoms with Crippen LogP contribution in [0.25, 0.3) is 0 Å². The van der Waals surface area contributed by atoms with Crippen molar-refractivity contribution in [3.8, 4) is 5.75 Å². The molecule has 1 saturated heterocycles. The van der Waals surface area contributed by atoms with Crippen molar-refractivity contribution >= 4 is 17.7 Å². The number of methoxy groups -OCH3 is 1. The Balaban J connectivity index is 1.91. The monoisotopic (exact) mass is 333 g/mol. The largest absolute Gasteiger partial charge is 0.496 e. The van der Waals surface area contributed by atoms with Crippen LogP contribution >= 0.6 is 11.8 Å². The minimum atomic E-state index is -0.139. The van der Waals surface area contributed by atoms with Crippen LogP contribution in [0.2, 0.25) is 0 Å². The maximum Gasteiger partial charge on any atom is 0.258 e. The molecular formula is C15H19N5O2S. The number of aromatic amines is 1. The Labute approximate surface area is 138 Å². The maximum atomic E-state index is 13.0. The summed E-state index contributed by atoms with van der Waals surface area (Å²) in [5.41, 5.74) is 0.570. The number of H-pyrrole nitrogens is 1. The summed E-state index contributed by atoms with van der Waals surface area (Å²) < 4.78 is 5.42. The number of amides is 1. The van der Waals surface area contributed by atoms with Gasteiger partial charge in [-0.05, 0) is 43.7 Å². The predicted molar refractivity (Wildman–Crippen MR) is 86.6 cm³/mol. The number of aromatic nitrogens is 4. The van der Waals surface area contributed by atoms with E-state index < -0.39 is 0 Å².